The van der Waals surface area contributed by atoms with E-state index < -0.39 is 30.3 Å². The Kier molecular flexibility index (Phi) is 31.9. The van der Waals surface area contributed by atoms with Gasteiger partial charge < -0.3 is 68.0 Å². The Balaban J connectivity index is 3.05. The Hall–Kier alpha value is -2.36. The molecule has 0 fully saturated rings. The summed E-state index contributed by atoms with van der Waals surface area (Å²) in [6.45, 7) is 6.29. The molecule has 0 saturated heterocycles. The smallest absolute Gasteiger partial charge is 0.238 e. The van der Waals surface area contributed by atoms with E-state index in [0.29, 0.717) is 85.0 Å². The summed E-state index contributed by atoms with van der Waals surface area (Å²) in [5.74, 6) is -0.818. The average molecular weight is 855 g/mol. The Bertz CT molecular complexity index is 1200. The van der Waals surface area contributed by atoms with Crippen molar-refractivity contribution in [2.24, 2.45) is 0 Å². The van der Waals surface area contributed by atoms with E-state index >= 15 is 0 Å². The lowest BCUT2D eigenvalue weighted by Gasteiger charge is -2.30. The highest BCUT2D eigenvalue weighted by atomic mass is 32.5. The van der Waals surface area contributed by atoms with Gasteiger partial charge in [0.15, 0.2) is 0 Å². The summed E-state index contributed by atoms with van der Waals surface area (Å²) in [5.41, 5.74) is 0.479. The number of amides is 3. The number of hydrogen-bond donors (Lipinski definition) is 4. The highest BCUT2D eigenvalue weighted by Gasteiger charge is 2.30. The van der Waals surface area contributed by atoms with Crippen LogP contribution in [0.25, 0.3) is 0 Å². The van der Waals surface area contributed by atoms with Crippen LogP contribution in [0.5, 0.6) is 5.75 Å². The zero-order valence-electron chi connectivity index (χ0n) is 34.4. The molecule has 1 aromatic carbocycles. The first-order valence-corrected chi connectivity index (χ1v) is 21.9. The summed E-state index contributed by atoms with van der Waals surface area (Å²) in [4.78, 5) is 52.5. The van der Waals surface area contributed by atoms with Crippen LogP contribution in [0.2, 0.25) is 0 Å². The van der Waals surface area contributed by atoms with Crippen LogP contribution in [-0.2, 0) is 75.2 Å². The number of benzene rings is 1. The van der Waals surface area contributed by atoms with Gasteiger partial charge in [-0.3, -0.25) is 19.3 Å². The predicted octanol–water partition coefficient (Wildman–Crippen LogP) is 0.376. The molecule has 0 saturated carbocycles. The van der Waals surface area contributed by atoms with Crippen LogP contribution >= 0.6 is 6.49 Å². The van der Waals surface area contributed by atoms with E-state index in [9.17, 15) is 19.3 Å². The first-order chi connectivity index (χ1) is 27.5. The minimum absolute atomic E-state index is 0.136. The van der Waals surface area contributed by atoms with Gasteiger partial charge in [-0.05, 0) is 35.9 Å². The Morgan fingerprint density at radius 3 is 1.37 bits per heavy atom. The molecule has 2 atom stereocenters. The predicted molar refractivity (Wildman–Crippen MR) is 217 cm³/mol. The molecule has 57 heavy (non-hydrogen) atoms. The number of hydrogen-bond acceptors (Lipinski definition) is 15. The van der Waals surface area contributed by atoms with Crippen LogP contribution in [0, 0.1) is 0 Å². The number of ether oxygens (including phenoxy) is 9. The molecule has 1 aromatic rings. The molecule has 0 aromatic heterocycles. The largest absolute Gasteiger partial charge is 0.443 e. The first-order valence-electron chi connectivity index (χ1n) is 19.1. The zero-order chi connectivity index (χ0) is 42.0. The summed E-state index contributed by atoms with van der Waals surface area (Å²) < 4.78 is 53.4. The lowest BCUT2D eigenvalue weighted by molar-refractivity contribution is -0.131. The second kappa shape index (κ2) is 34.5. The van der Waals surface area contributed by atoms with Crippen LogP contribution in [0.4, 0.5) is 0 Å². The molecule has 330 valence electrons. The van der Waals surface area contributed by atoms with E-state index in [1.807, 2.05) is 0 Å². The van der Waals surface area contributed by atoms with Gasteiger partial charge in [0.2, 0.25) is 24.2 Å². The Labute approximate surface area is 343 Å². The Morgan fingerprint density at radius 1 is 0.614 bits per heavy atom. The molecular weight excluding hydrogens is 787 g/mol. The fourth-order valence-electron chi connectivity index (χ4n) is 4.59. The monoisotopic (exact) mass is 854 g/mol. The number of nitrogens with zero attached hydrogens (tertiary/aromatic N) is 1. The van der Waals surface area contributed by atoms with Crippen molar-refractivity contribution in [1.29, 1.82) is 0 Å². The van der Waals surface area contributed by atoms with Crippen LogP contribution in [0.3, 0.4) is 0 Å². The van der Waals surface area contributed by atoms with Gasteiger partial charge in [0.05, 0.1) is 118 Å². The summed E-state index contributed by atoms with van der Waals surface area (Å²) in [6, 6.07) is 5.89. The minimum atomic E-state index is -3.06. The van der Waals surface area contributed by atoms with Crippen molar-refractivity contribution >= 4 is 36.0 Å². The highest BCUT2D eigenvalue weighted by molar-refractivity contribution is 8.09. The first kappa shape index (κ1) is 52.7. The highest BCUT2D eigenvalue weighted by Crippen LogP contribution is 2.47. The fourth-order valence-corrected chi connectivity index (χ4v) is 5.49. The molecule has 4 N–H and O–H groups in total. The lowest BCUT2D eigenvalue weighted by Crippen LogP contribution is -2.54. The van der Waals surface area contributed by atoms with E-state index in [4.69, 9.17) is 59.0 Å². The summed E-state index contributed by atoms with van der Waals surface area (Å²) in [6.07, 6.45) is 0.136. The van der Waals surface area contributed by atoms with Crippen molar-refractivity contribution in [2.75, 3.05) is 153 Å². The number of rotatable bonds is 38. The third kappa shape index (κ3) is 27.9. The van der Waals surface area contributed by atoms with Crippen LogP contribution < -0.4 is 20.5 Å². The van der Waals surface area contributed by atoms with E-state index in [1.165, 1.54) is 4.90 Å². The lowest BCUT2D eigenvalue weighted by atomic mass is 10.0. The molecular formula is C37H67N4O14PS. The maximum atomic E-state index is 13.9. The topological polar surface area (TPSA) is 203 Å². The number of methoxy groups -OCH3 is 3. The molecule has 0 radical (unpaired) electrons. The second-order valence-corrected chi connectivity index (χ2v) is 16.6. The van der Waals surface area contributed by atoms with Crippen molar-refractivity contribution in [2.45, 2.75) is 32.0 Å². The molecule has 0 aliphatic carbocycles. The van der Waals surface area contributed by atoms with Gasteiger partial charge in [0.25, 0.3) is 0 Å². The third-order valence-corrected chi connectivity index (χ3v) is 11.0. The maximum Gasteiger partial charge on any atom is 0.238 e. The third-order valence-electron chi connectivity index (χ3n) is 7.77. The second-order valence-electron chi connectivity index (χ2n) is 12.7. The summed E-state index contributed by atoms with van der Waals surface area (Å²) in [5, 5.41) is 8.50. The standard InChI is InChI=1S/C37H67N4O14PS/c1-31(2)56(45,57)55-33-8-6-32(7-9-33)28-34(37(44)40-12-15-51-24-27-54-21-18-48-5)41(29-35(42)38-10-13-49-22-25-52-19-16-46-3)30-36(43)39-11-14-50-23-26-53-20-17-47-4/h6-9,31,34H,10-30H2,1-5H3,(H,38,42)(H,39,43)(H,40,44)(H,45,57). The normalized spacial score (nSPS) is 13.1. The van der Waals surface area contributed by atoms with Gasteiger partial charge in [-0.1, -0.05) is 26.0 Å². The molecule has 18 nitrogen and oxygen atoms in total. The van der Waals surface area contributed by atoms with E-state index in [-0.39, 0.29) is 64.6 Å². The van der Waals surface area contributed by atoms with Gasteiger partial charge in [-0.2, -0.15) is 0 Å². The van der Waals surface area contributed by atoms with E-state index in [2.05, 4.69) is 16.0 Å². The van der Waals surface area contributed by atoms with E-state index in [0.717, 1.165) is 5.56 Å². The molecule has 2 unspecified atom stereocenters. The summed E-state index contributed by atoms with van der Waals surface area (Å²) >= 11 is 5.28. The van der Waals surface area contributed by atoms with Crippen LogP contribution in [0.1, 0.15) is 19.4 Å². The van der Waals surface area contributed by atoms with Crippen molar-refractivity contribution in [3.63, 3.8) is 0 Å². The Morgan fingerprint density at radius 2 is 0.982 bits per heavy atom. The zero-order valence-corrected chi connectivity index (χ0v) is 36.1. The van der Waals surface area contributed by atoms with Gasteiger partial charge in [0, 0.05) is 46.6 Å². The average Bonchev–Trinajstić information content (AvgIpc) is 3.18. The molecule has 0 heterocycles. The van der Waals surface area contributed by atoms with Crippen molar-refractivity contribution in [3.8, 4) is 5.75 Å². The number of carbonyl (C=O) groups excluding carboxylic acids is 3. The molecule has 0 spiro atoms. The maximum absolute atomic E-state index is 13.9. The molecule has 0 aliphatic rings. The van der Waals surface area contributed by atoms with Gasteiger partial charge in [-0.15, -0.1) is 0 Å². The number of carbonyl (C=O) groups is 3. The quantitative estimate of drug-likeness (QED) is 0.0525. The molecule has 1 rings (SSSR count). The number of nitrogens with one attached hydrogen (secondary N) is 3. The minimum Gasteiger partial charge on any atom is -0.443 e. The molecule has 3 amide bonds. The van der Waals surface area contributed by atoms with E-state index in [1.54, 1.807) is 59.4 Å². The summed E-state index contributed by atoms with van der Waals surface area (Å²) in [7, 11) is 4.78. The van der Waals surface area contributed by atoms with Crippen molar-refractivity contribution in [3.05, 3.63) is 29.8 Å². The van der Waals surface area contributed by atoms with Crippen LogP contribution in [-0.4, -0.2) is 192 Å². The molecule has 20 heteroatoms. The van der Waals surface area contributed by atoms with Crippen molar-refractivity contribution in [1.82, 2.24) is 20.9 Å². The van der Waals surface area contributed by atoms with Crippen LogP contribution in [0.15, 0.2) is 24.3 Å². The van der Waals surface area contributed by atoms with Gasteiger partial charge >= 0.3 is 0 Å². The van der Waals surface area contributed by atoms with Crippen molar-refractivity contribution < 1.29 is 66.4 Å². The fraction of sp³-hybridized carbons (Fsp3) is 0.757. The molecule has 0 aliphatic heterocycles. The SMILES string of the molecule is COCCOCCOCCNC(=O)CN(CC(=O)NCCOCCOCCOC)C(Cc1ccc(OP(O)(=S)C(C)C)cc1)C(=O)NCCOCCOCCOC. The molecule has 0 bridgehead atoms. The van der Waals surface area contributed by atoms with Gasteiger partial charge in [0.1, 0.15) is 5.75 Å². The van der Waals surface area contributed by atoms with Gasteiger partial charge in [-0.25, -0.2) is 0 Å².